The molecular formula is C23H41NS. The zero-order valence-corrected chi connectivity index (χ0v) is 18.6. The number of hydrogen-bond donors (Lipinski definition) is 1. The smallest absolute Gasteiger partial charge is 0.0320 e. The third-order valence-electron chi connectivity index (χ3n) is 4.02. The molecule has 1 unspecified atom stereocenters. The zero-order chi connectivity index (χ0) is 19.1. The molecule has 1 nitrogen and oxygen atoms in total. The molecule has 1 atom stereocenters. The van der Waals surface area contributed by atoms with Gasteiger partial charge in [-0.25, -0.2) is 0 Å². The van der Waals surface area contributed by atoms with Crippen molar-refractivity contribution in [3.05, 3.63) is 46.7 Å². The van der Waals surface area contributed by atoms with E-state index in [-0.39, 0.29) is 0 Å². The molecule has 0 spiro atoms. The Morgan fingerprint density at radius 2 is 1.48 bits per heavy atom. The average Bonchev–Trinajstić information content (AvgIpc) is 2.51. The fourth-order valence-electron chi connectivity index (χ4n) is 2.58. The van der Waals surface area contributed by atoms with Crippen LogP contribution in [-0.4, -0.2) is 17.5 Å². The summed E-state index contributed by atoms with van der Waals surface area (Å²) in [5, 5.41) is 3.55. The zero-order valence-electron chi connectivity index (χ0n) is 17.7. The molecule has 0 bridgehead atoms. The van der Waals surface area contributed by atoms with Crippen LogP contribution in [0.1, 0.15) is 80.6 Å². The van der Waals surface area contributed by atoms with E-state index in [0.29, 0.717) is 6.04 Å². The van der Waals surface area contributed by atoms with Gasteiger partial charge in [0, 0.05) is 23.2 Å². The SMILES string of the molecule is CC/C=C(\C)NC(C)CSC/C=C(\C)CC/C=C(\C)CCC=C(C)C. The number of hydrogen-bond acceptors (Lipinski definition) is 2. The van der Waals surface area contributed by atoms with Gasteiger partial charge in [-0.05, 0) is 73.6 Å². The summed E-state index contributed by atoms with van der Waals surface area (Å²) < 4.78 is 0. The molecule has 0 aromatic carbocycles. The predicted octanol–water partition coefficient (Wildman–Crippen LogP) is 7.43. The molecule has 0 fully saturated rings. The maximum atomic E-state index is 3.55. The lowest BCUT2D eigenvalue weighted by atomic mass is 10.1. The van der Waals surface area contributed by atoms with Gasteiger partial charge in [0.25, 0.3) is 0 Å². The van der Waals surface area contributed by atoms with Crippen LogP contribution in [0.3, 0.4) is 0 Å². The number of nitrogens with one attached hydrogen (secondary N) is 1. The van der Waals surface area contributed by atoms with Gasteiger partial charge >= 0.3 is 0 Å². The minimum atomic E-state index is 0.535. The van der Waals surface area contributed by atoms with Gasteiger partial charge in [0.1, 0.15) is 0 Å². The first-order valence-corrected chi connectivity index (χ1v) is 11.0. The first kappa shape index (κ1) is 24.1. The number of allylic oxidation sites excluding steroid dienone is 7. The number of rotatable bonds is 13. The van der Waals surface area contributed by atoms with Gasteiger partial charge in [-0.2, -0.15) is 11.8 Å². The molecule has 144 valence electrons. The molecule has 0 aromatic heterocycles. The molecule has 0 aliphatic rings. The molecule has 0 rings (SSSR count). The summed E-state index contributed by atoms with van der Waals surface area (Å²) in [6.07, 6.45) is 15.2. The van der Waals surface area contributed by atoms with E-state index in [4.69, 9.17) is 0 Å². The van der Waals surface area contributed by atoms with Crippen LogP contribution >= 0.6 is 11.8 Å². The van der Waals surface area contributed by atoms with Crippen LogP contribution in [0, 0.1) is 0 Å². The Morgan fingerprint density at radius 1 is 0.880 bits per heavy atom. The van der Waals surface area contributed by atoms with Crippen LogP contribution in [-0.2, 0) is 0 Å². The maximum absolute atomic E-state index is 3.55. The van der Waals surface area contributed by atoms with E-state index in [1.807, 2.05) is 11.8 Å². The molecule has 0 saturated heterocycles. The maximum Gasteiger partial charge on any atom is 0.0320 e. The van der Waals surface area contributed by atoms with Gasteiger partial charge in [0.05, 0.1) is 0 Å². The lowest BCUT2D eigenvalue weighted by molar-refractivity contribution is 0.675. The number of thioether (sulfide) groups is 1. The minimum absolute atomic E-state index is 0.535. The summed E-state index contributed by atoms with van der Waals surface area (Å²) in [6, 6.07) is 0.535. The third-order valence-corrected chi connectivity index (χ3v) is 5.16. The first-order chi connectivity index (χ1) is 11.8. The molecule has 2 heteroatoms. The van der Waals surface area contributed by atoms with Crippen molar-refractivity contribution in [2.24, 2.45) is 0 Å². The van der Waals surface area contributed by atoms with Crippen molar-refractivity contribution in [1.29, 1.82) is 0 Å². The highest BCUT2D eigenvalue weighted by molar-refractivity contribution is 7.99. The van der Waals surface area contributed by atoms with E-state index < -0.39 is 0 Å². The Morgan fingerprint density at radius 3 is 2.08 bits per heavy atom. The quantitative estimate of drug-likeness (QED) is 0.270. The second-order valence-electron chi connectivity index (χ2n) is 7.34. The Bertz CT molecular complexity index is 464. The van der Waals surface area contributed by atoms with Crippen LogP contribution in [0.2, 0.25) is 0 Å². The molecule has 0 heterocycles. The van der Waals surface area contributed by atoms with Crippen molar-refractivity contribution in [2.75, 3.05) is 11.5 Å². The Hall–Kier alpha value is -0.890. The van der Waals surface area contributed by atoms with Crippen LogP contribution in [0.15, 0.2) is 46.7 Å². The fourth-order valence-corrected chi connectivity index (χ4v) is 3.56. The van der Waals surface area contributed by atoms with Crippen LogP contribution in [0.4, 0.5) is 0 Å². The second-order valence-corrected chi connectivity index (χ2v) is 8.41. The minimum Gasteiger partial charge on any atom is -0.386 e. The van der Waals surface area contributed by atoms with E-state index in [1.54, 1.807) is 0 Å². The molecule has 0 aliphatic heterocycles. The van der Waals surface area contributed by atoms with E-state index >= 15 is 0 Å². The predicted molar refractivity (Wildman–Crippen MR) is 119 cm³/mol. The van der Waals surface area contributed by atoms with Gasteiger partial charge < -0.3 is 5.32 Å². The standard InChI is InChI=1S/C23H41NS/c1-8-11-22(6)24-23(7)18-25-17-16-21(5)15-10-14-20(4)13-9-12-19(2)3/h11-12,14,16,23-24H,8-10,13,15,17-18H2,1-7H3/b20-14+,21-16+,22-11+. The summed E-state index contributed by atoms with van der Waals surface area (Å²) >= 11 is 2.02. The van der Waals surface area contributed by atoms with E-state index in [2.05, 4.69) is 78.1 Å². The monoisotopic (exact) mass is 363 g/mol. The second kappa shape index (κ2) is 15.4. The normalized spacial score (nSPS) is 14.4. The van der Waals surface area contributed by atoms with E-state index in [0.717, 1.165) is 17.9 Å². The molecular weight excluding hydrogens is 322 g/mol. The van der Waals surface area contributed by atoms with Gasteiger partial charge in [-0.3, -0.25) is 0 Å². The molecule has 0 radical (unpaired) electrons. The van der Waals surface area contributed by atoms with Crippen LogP contribution < -0.4 is 5.32 Å². The Kier molecular flexibility index (Phi) is 14.8. The van der Waals surface area contributed by atoms with Crippen molar-refractivity contribution >= 4 is 11.8 Å². The van der Waals surface area contributed by atoms with Crippen molar-refractivity contribution in [2.45, 2.75) is 86.6 Å². The van der Waals surface area contributed by atoms with Crippen LogP contribution in [0.25, 0.3) is 0 Å². The van der Waals surface area contributed by atoms with Gasteiger partial charge in [0.15, 0.2) is 0 Å². The first-order valence-electron chi connectivity index (χ1n) is 9.80. The lowest BCUT2D eigenvalue weighted by Crippen LogP contribution is -2.26. The van der Waals surface area contributed by atoms with Gasteiger partial charge in [0.2, 0.25) is 0 Å². The fraction of sp³-hybridized carbons (Fsp3) is 0.652. The largest absolute Gasteiger partial charge is 0.386 e. The Labute approximate surface area is 162 Å². The average molecular weight is 364 g/mol. The van der Waals surface area contributed by atoms with E-state index in [9.17, 15) is 0 Å². The molecule has 1 N–H and O–H groups in total. The molecule has 25 heavy (non-hydrogen) atoms. The highest BCUT2D eigenvalue weighted by Crippen LogP contribution is 2.13. The van der Waals surface area contributed by atoms with Crippen molar-refractivity contribution in [1.82, 2.24) is 5.32 Å². The van der Waals surface area contributed by atoms with Crippen molar-refractivity contribution in [3.63, 3.8) is 0 Å². The van der Waals surface area contributed by atoms with Crippen molar-refractivity contribution < 1.29 is 0 Å². The highest BCUT2D eigenvalue weighted by Gasteiger charge is 2.00. The van der Waals surface area contributed by atoms with Gasteiger partial charge in [-0.15, -0.1) is 0 Å². The summed E-state index contributed by atoms with van der Waals surface area (Å²) in [6.45, 7) is 15.5. The molecule has 0 amide bonds. The van der Waals surface area contributed by atoms with Gasteiger partial charge in [-0.1, -0.05) is 47.9 Å². The Balaban J connectivity index is 3.91. The van der Waals surface area contributed by atoms with Crippen molar-refractivity contribution in [3.8, 4) is 0 Å². The summed E-state index contributed by atoms with van der Waals surface area (Å²) in [5.41, 5.74) is 5.76. The lowest BCUT2D eigenvalue weighted by Gasteiger charge is -2.14. The molecule has 0 aliphatic carbocycles. The molecule has 0 aromatic rings. The third kappa shape index (κ3) is 16.3. The summed E-state index contributed by atoms with van der Waals surface area (Å²) in [5.74, 6) is 2.28. The highest BCUT2D eigenvalue weighted by atomic mass is 32.2. The molecule has 0 saturated carbocycles. The van der Waals surface area contributed by atoms with Crippen LogP contribution in [0.5, 0.6) is 0 Å². The summed E-state index contributed by atoms with van der Waals surface area (Å²) in [7, 11) is 0. The van der Waals surface area contributed by atoms with E-state index in [1.165, 1.54) is 48.1 Å². The summed E-state index contributed by atoms with van der Waals surface area (Å²) in [4.78, 5) is 0. The topological polar surface area (TPSA) is 12.0 Å².